The molecule has 0 saturated heterocycles. The zero-order valence-electron chi connectivity index (χ0n) is 9.01. The second-order valence-corrected chi connectivity index (χ2v) is 3.84. The predicted molar refractivity (Wildman–Crippen MR) is 55.1 cm³/mol. The molecule has 0 bridgehead atoms. The molecule has 14 heavy (non-hydrogen) atoms. The molecule has 1 unspecified atom stereocenters. The van der Waals surface area contributed by atoms with E-state index in [4.69, 9.17) is 4.74 Å². The number of rotatable bonds is 7. The molecular formula is C10H20N2O2. The summed E-state index contributed by atoms with van der Waals surface area (Å²) in [7, 11) is 1.73. The van der Waals surface area contributed by atoms with Crippen LogP contribution in [0.5, 0.6) is 0 Å². The minimum absolute atomic E-state index is 0.0292. The number of nitrogens with one attached hydrogen (secondary N) is 2. The molecule has 0 spiro atoms. The zero-order chi connectivity index (χ0) is 10.4. The van der Waals surface area contributed by atoms with Gasteiger partial charge in [0.15, 0.2) is 0 Å². The van der Waals surface area contributed by atoms with Gasteiger partial charge in [-0.3, -0.25) is 4.79 Å². The van der Waals surface area contributed by atoms with Crippen LogP contribution in [0.25, 0.3) is 0 Å². The Kier molecular flexibility index (Phi) is 4.90. The number of amides is 1. The van der Waals surface area contributed by atoms with E-state index in [1.165, 1.54) is 19.8 Å². The summed E-state index contributed by atoms with van der Waals surface area (Å²) in [6.07, 6.45) is 2.61. The van der Waals surface area contributed by atoms with Gasteiger partial charge in [0.2, 0.25) is 5.91 Å². The average molecular weight is 200 g/mol. The number of hydrogen-bond acceptors (Lipinski definition) is 3. The Hall–Kier alpha value is -0.610. The van der Waals surface area contributed by atoms with Gasteiger partial charge < -0.3 is 15.4 Å². The van der Waals surface area contributed by atoms with E-state index in [2.05, 4.69) is 10.6 Å². The van der Waals surface area contributed by atoms with E-state index in [0.717, 1.165) is 19.1 Å². The molecule has 0 aromatic rings. The molecule has 1 rings (SSSR count). The summed E-state index contributed by atoms with van der Waals surface area (Å²) < 4.78 is 5.13. The molecule has 1 saturated carbocycles. The third kappa shape index (κ3) is 4.58. The lowest BCUT2D eigenvalue weighted by atomic mass is 10.2. The fraction of sp³-hybridized carbons (Fsp3) is 0.900. The summed E-state index contributed by atoms with van der Waals surface area (Å²) in [6.45, 7) is 3.82. The van der Waals surface area contributed by atoms with Crippen LogP contribution in [0.1, 0.15) is 19.8 Å². The SMILES string of the molecule is COCC(NCCNC(C)=O)C1CC1. The zero-order valence-corrected chi connectivity index (χ0v) is 9.01. The lowest BCUT2D eigenvalue weighted by Crippen LogP contribution is -2.40. The Labute approximate surface area is 85.4 Å². The van der Waals surface area contributed by atoms with Gasteiger partial charge in [-0.2, -0.15) is 0 Å². The molecule has 0 radical (unpaired) electrons. The van der Waals surface area contributed by atoms with Crippen molar-refractivity contribution in [1.29, 1.82) is 0 Å². The van der Waals surface area contributed by atoms with Crippen molar-refractivity contribution in [2.75, 3.05) is 26.8 Å². The minimum Gasteiger partial charge on any atom is -0.383 e. The standard InChI is InChI=1S/C10H20N2O2/c1-8(13)11-5-6-12-10(7-14-2)9-3-4-9/h9-10,12H,3-7H2,1-2H3,(H,11,13). The second kappa shape index (κ2) is 5.98. The summed E-state index contributed by atoms with van der Waals surface area (Å²) >= 11 is 0. The molecule has 0 aromatic heterocycles. The van der Waals surface area contributed by atoms with Crippen molar-refractivity contribution in [2.24, 2.45) is 5.92 Å². The fourth-order valence-electron chi connectivity index (χ4n) is 1.54. The summed E-state index contributed by atoms with van der Waals surface area (Å²) in [5, 5.41) is 6.16. The molecule has 2 N–H and O–H groups in total. The summed E-state index contributed by atoms with van der Waals surface area (Å²) in [6, 6.07) is 0.466. The van der Waals surface area contributed by atoms with Crippen molar-refractivity contribution < 1.29 is 9.53 Å². The number of hydrogen-bond donors (Lipinski definition) is 2. The van der Waals surface area contributed by atoms with Crippen LogP contribution in [0.4, 0.5) is 0 Å². The monoisotopic (exact) mass is 200 g/mol. The maximum atomic E-state index is 10.6. The van der Waals surface area contributed by atoms with Crippen LogP contribution in [0.3, 0.4) is 0 Å². The maximum Gasteiger partial charge on any atom is 0.216 e. The third-order valence-corrected chi connectivity index (χ3v) is 2.44. The Morgan fingerprint density at radius 1 is 1.50 bits per heavy atom. The van der Waals surface area contributed by atoms with Gasteiger partial charge in [0.05, 0.1) is 6.61 Å². The van der Waals surface area contributed by atoms with E-state index in [1.807, 2.05) is 0 Å². The van der Waals surface area contributed by atoms with Gasteiger partial charge in [-0.05, 0) is 18.8 Å². The first-order valence-electron chi connectivity index (χ1n) is 5.20. The van der Waals surface area contributed by atoms with E-state index in [-0.39, 0.29) is 5.91 Å². The van der Waals surface area contributed by atoms with Gasteiger partial charge in [-0.15, -0.1) is 0 Å². The molecule has 0 heterocycles. The molecule has 4 nitrogen and oxygen atoms in total. The molecule has 1 aliphatic rings. The Morgan fingerprint density at radius 3 is 2.71 bits per heavy atom. The van der Waals surface area contributed by atoms with E-state index in [0.29, 0.717) is 12.6 Å². The highest BCUT2D eigenvalue weighted by Gasteiger charge is 2.30. The lowest BCUT2D eigenvalue weighted by Gasteiger charge is -2.17. The highest BCUT2D eigenvalue weighted by molar-refractivity contribution is 5.72. The lowest BCUT2D eigenvalue weighted by molar-refractivity contribution is -0.118. The van der Waals surface area contributed by atoms with Crippen LogP contribution in [-0.4, -0.2) is 38.8 Å². The molecule has 4 heteroatoms. The largest absolute Gasteiger partial charge is 0.383 e. The molecule has 82 valence electrons. The second-order valence-electron chi connectivity index (χ2n) is 3.84. The minimum atomic E-state index is 0.0292. The van der Waals surface area contributed by atoms with Crippen LogP contribution < -0.4 is 10.6 Å². The highest BCUT2D eigenvalue weighted by Crippen LogP contribution is 2.32. The molecule has 1 aliphatic carbocycles. The van der Waals surface area contributed by atoms with E-state index in [1.54, 1.807) is 7.11 Å². The summed E-state index contributed by atoms with van der Waals surface area (Å²) in [5.74, 6) is 0.814. The number of ether oxygens (including phenoxy) is 1. The quantitative estimate of drug-likeness (QED) is 0.575. The van der Waals surface area contributed by atoms with Crippen molar-refractivity contribution in [3.8, 4) is 0 Å². The first-order chi connectivity index (χ1) is 6.74. The van der Waals surface area contributed by atoms with Gasteiger partial charge in [-0.25, -0.2) is 0 Å². The van der Waals surface area contributed by atoms with Crippen LogP contribution in [-0.2, 0) is 9.53 Å². The first kappa shape index (κ1) is 11.5. The van der Waals surface area contributed by atoms with Gasteiger partial charge in [0.1, 0.15) is 0 Å². The Bertz CT molecular complexity index is 181. The van der Waals surface area contributed by atoms with Crippen LogP contribution >= 0.6 is 0 Å². The highest BCUT2D eigenvalue weighted by atomic mass is 16.5. The third-order valence-electron chi connectivity index (χ3n) is 2.44. The Balaban J connectivity index is 2.04. The van der Waals surface area contributed by atoms with Crippen molar-refractivity contribution in [3.63, 3.8) is 0 Å². The van der Waals surface area contributed by atoms with Crippen LogP contribution in [0, 0.1) is 5.92 Å². The van der Waals surface area contributed by atoms with Crippen molar-refractivity contribution in [2.45, 2.75) is 25.8 Å². The molecule has 1 fully saturated rings. The van der Waals surface area contributed by atoms with Gasteiger partial charge in [-0.1, -0.05) is 0 Å². The van der Waals surface area contributed by atoms with Gasteiger partial charge >= 0.3 is 0 Å². The number of carbonyl (C=O) groups excluding carboxylic acids is 1. The average Bonchev–Trinajstić information content (AvgIpc) is 2.93. The van der Waals surface area contributed by atoms with Crippen molar-refractivity contribution in [1.82, 2.24) is 10.6 Å². The molecule has 0 aliphatic heterocycles. The molecule has 0 aromatic carbocycles. The summed E-state index contributed by atoms with van der Waals surface area (Å²) in [4.78, 5) is 10.6. The van der Waals surface area contributed by atoms with E-state index in [9.17, 15) is 4.79 Å². The summed E-state index contributed by atoms with van der Waals surface area (Å²) in [5.41, 5.74) is 0. The molecule has 1 amide bonds. The van der Waals surface area contributed by atoms with Crippen molar-refractivity contribution in [3.05, 3.63) is 0 Å². The number of carbonyl (C=O) groups is 1. The normalized spacial score (nSPS) is 17.9. The molecule has 1 atom stereocenters. The first-order valence-corrected chi connectivity index (χ1v) is 5.20. The maximum absolute atomic E-state index is 10.6. The smallest absolute Gasteiger partial charge is 0.216 e. The fourth-order valence-corrected chi connectivity index (χ4v) is 1.54. The van der Waals surface area contributed by atoms with Crippen molar-refractivity contribution >= 4 is 5.91 Å². The molecular weight excluding hydrogens is 180 g/mol. The predicted octanol–water partition coefficient (Wildman–Crippen LogP) is 0.137. The topological polar surface area (TPSA) is 50.4 Å². The van der Waals surface area contributed by atoms with Crippen LogP contribution in [0.15, 0.2) is 0 Å². The van der Waals surface area contributed by atoms with Crippen LogP contribution in [0.2, 0.25) is 0 Å². The Morgan fingerprint density at radius 2 is 2.21 bits per heavy atom. The van der Waals surface area contributed by atoms with E-state index >= 15 is 0 Å². The van der Waals surface area contributed by atoms with Gasteiger partial charge in [0.25, 0.3) is 0 Å². The van der Waals surface area contributed by atoms with E-state index < -0.39 is 0 Å². The number of methoxy groups -OCH3 is 1. The van der Waals surface area contributed by atoms with Gasteiger partial charge in [0, 0.05) is 33.2 Å².